The van der Waals surface area contributed by atoms with Gasteiger partial charge in [0.2, 0.25) is 11.7 Å². The molecule has 0 saturated carbocycles. The highest BCUT2D eigenvalue weighted by Crippen LogP contribution is 2.30. The van der Waals surface area contributed by atoms with E-state index in [-0.39, 0.29) is 12.0 Å². The fourth-order valence-corrected chi connectivity index (χ4v) is 5.32. The van der Waals surface area contributed by atoms with Crippen LogP contribution >= 0.6 is 11.6 Å². The molecule has 0 saturated heterocycles. The molecule has 0 unspecified atom stereocenters. The first-order chi connectivity index (χ1) is 21.5. The fourth-order valence-electron chi connectivity index (χ4n) is 5.20. The molecule has 0 aliphatic carbocycles. The third-order valence-electron chi connectivity index (χ3n) is 7.53. The Balaban J connectivity index is 1.26. The van der Waals surface area contributed by atoms with Gasteiger partial charge < -0.3 is 4.52 Å². The van der Waals surface area contributed by atoms with Gasteiger partial charge in [-0.25, -0.2) is 4.98 Å². The lowest BCUT2D eigenvalue weighted by Crippen LogP contribution is -2.30. The molecule has 0 atom stereocenters. The van der Waals surface area contributed by atoms with E-state index in [1.807, 2.05) is 67.6 Å². The van der Waals surface area contributed by atoms with Crippen LogP contribution in [0.1, 0.15) is 59.7 Å². The van der Waals surface area contributed by atoms with Crippen molar-refractivity contribution in [1.82, 2.24) is 40.3 Å². The normalized spacial score (nSPS) is 11.2. The van der Waals surface area contributed by atoms with Gasteiger partial charge in [-0.15, -0.1) is 10.2 Å². The van der Waals surface area contributed by atoms with Crippen LogP contribution in [0.2, 0.25) is 5.02 Å². The molecule has 0 aliphatic rings. The predicted octanol–water partition coefficient (Wildman–Crippen LogP) is 6.01. The number of rotatable bonds is 11. The van der Waals surface area contributed by atoms with Crippen molar-refractivity contribution < 1.29 is 4.52 Å². The maximum absolute atomic E-state index is 14.0. The molecule has 0 aliphatic heterocycles. The van der Waals surface area contributed by atoms with Gasteiger partial charge in [-0.2, -0.15) is 10.2 Å². The highest BCUT2D eigenvalue weighted by molar-refractivity contribution is 6.30. The summed E-state index contributed by atoms with van der Waals surface area (Å²) in [4.78, 5) is 23.4. The lowest BCUT2D eigenvalue weighted by Gasteiger charge is -2.16. The molecule has 1 N–H and O–H groups in total. The number of hydrogen-bond donors (Lipinski definition) is 1. The first kappa shape index (κ1) is 29.1. The Morgan fingerprint density at radius 3 is 2.39 bits per heavy atom. The van der Waals surface area contributed by atoms with Crippen LogP contribution in [0.4, 0.5) is 0 Å². The molecular formula is C33H31ClN8O2. The summed E-state index contributed by atoms with van der Waals surface area (Å²) < 4.78 is 7.28. The zero-order valence-electron chi connectivity index (χ0n) is 24.5. The molecule has 0 bridgehead atoms. The van der Waals surface area contributed by atoms with Gasteiger partial charge in [-0.3, -0.25) is 9.36 Å². The minimum absolute atomic E-state index is 0.0841. The Bertz CT molecular complexity index is 1910. The van der Waals surface area contributed by atoms with Crippen molar-refractivity contribution in [2.75, 3.05) is 0 Å². The quantitative estimate of drug-likeness (QED) is 0.190. The molecule has 11 heteroatoms. The van der Waals surface area contributed by atoms with E-state index in [4.69, 9.17) is 21.1 Å². The molecular weight excluding hydrogens is 576 g/mol. The van der Waals surface area contributed by atoms with Crippen LogP contribution in [-0.4, -0.2) is 40.3 Å². The number of aromatic amines is 1. The molecule has 0 spiro atoms. The molecule has 0 amide bonds. The molecule has 0 fully saturated rings. The molecule has 3 aromatic heterocycles. The van der Waals surface area contributed by atoms with Crippen LogP contribution in [0.3, 0.4) is 0 Å². The topological polar surface area (TPSA) is 128 Å². The van der Waals surface area contributed by atoms with Gasteiger partial charge in [0.1, 0.15) is 5.82 Å². The summed E-state index contributed by atoms with van der Waals surface area (Å²) in [5.74, 6) is 2.25. The lowest BCUT2D eigenvalue weighted by atomic mass is 9.98. The maximum atomic E-state index is 14.0. The van der Waals surface area contributed by atoms with Crippen molar-refractivity contribution in [3.63, 3.8) is 0 Å². The summed E-state index contributed by atoms with van der Waals surface area (Å²) in [6.45, 7) is 4.41. The van der Waals surface area contributed by atoms with Gasteiger partial charge in [0.05, 0.1) is 13.0 Å². The first-order valence-corrected chi connectivity index (χ1v) is 14.9. The Labute approximate surface area is 259 Å². The Morgan fingerprint density at radius 1 is 0.909 bits per heavy atom. The van der Waals surface area contributed by atoms with Gasteiger partial charge in [-0.05, 0) is 52.9 Å². The number of nitrogens with one attached hydrogen (secondary N) is 1. The van der Waals surface area contributed by atoms with Crippen molar-refractivity contribution in [1.29, 1.82) is 0 Å². The number of unbranched alkanes of at least 4 members (excludes halogenated alkanes) is 1. The molecule has 44 heavy (non-hydrogen) atoms. The first-order valence-electron chi connectivity index (χ1n) is 14.6. The van der Waals surface area contributed by atoms with E-state index in [1.54, 1.807) is 4.57 Å². The predicted molar refractivity (Wildman–Crippen MR) is 167 cm³/mol. The highest BCUT2D eigenvalue weighted by atomic mass is 35.5. The van der Waals surface area contributed by atoms with Gasteiger partial charge in [0.15, 0.2) is 5.82 Å². The van der Waals surface area contributed by atoms with Crippen molar-refractivity contribution in [3.05, 3.63) is 128 Å². The minimum atomic E-state index is -0.0841. The van der Waals surface area contributed by atoms with Crippen molar-refractivity contribution in [2.45, 2.75) is 52.5 Å². The number of benzene rings is 3. The lowest BCUT2D eigenvalue weighted by molar-refractivity contribution is 0.380. The van der Waals surface area contributed by atoms with E-state index in [0.717, 1.165) is 52.9 Å². The molecule has 10 nitrogen and oxygen atoms in total. The Kier molecular flexibility index (Phi) is 8.69. The van der Waals surface area contributed by atoms with E-state index >= 15 is 0 Å². The second kappa shape index (κ2) is 13.1. The number of halogens is 1. The van der Waals surface area contributed by atoms with Crippen molar-refractivity contribution in [2.24, 2.45) is 0 Å². The SMILES string of the molecule is CCCCc1nc(C)c(Cc2noc(Cc3ccc(Cl)cc3)n2)c(=O)n1Cc1ccc(-c2ccccc2-c2nn[nH]n2)cc1. The molecule has 222 valence electrons. The van der Waals surface area contributed by atoms with Gasteiger partial charge in [-0.1, -0.05) is 90.8 Å². The average Bonchev–Trinajstić information content (AvgIpc) is 3.74. The molecule has 6 aromatic rings. The highest BCUT2D eigenvalue weighted by Gasteiger charge is 2.18. The van der Waals surface area contributed by atoms with Gasteiger partial charge in [0, 0.05) is 34.7 Å². The molecule has 6 rings (SSSR count). The Hall–Kier alpha value is -4.96. The standard InChI is InChI=1S/C33H31ClN8O2/c1-3-4-9-30-35-21(2)28(19-29-36-31(44-39-29)18-22-12-16-25(34)17-13-22)33(43)42(30)20-23-10-14-24(15-11-23)26-7-5-6-8-27(26)32-37-40-41-38-32/h5-8,10-17H,3-4,9,18-20H2,1-2H3,(H,37,38,40,41). The van der Waals surface area contributed by atoms with Gasteiger partial charge >= 0.3 is 0 Å². The Morgan fingerprint density at radius 2 is 1.66 bits per heavy atom. The van der Waals surface area contributed by atoms with Crippen LogP contribution in [-0.2, 0) is 25.8 Å². The van der Waals surface area contributed by atoms with E-state index in [9.17, 15) is 4.79 Å². The van der Waals surface area contributed by atoms with Crippen LogP contribution in [0.25, 0.3) is 22.5 Å². The third-order valence-corrected chi connectivity index (χ3v) is 7.79. The summed E-state index contributed by atoms with van der Waals surface area (Å²) in [6.07, 6.45) is 3.38. The smallest absolute Gasteiger partial charge is 0.257 e. The summed E-state index contributed by atoms with van der Waals surface area (Å²) >= 11 is 6.00. The fraction of sp³-hybridized carbons (Fsp3) is 0.242. The summed E-state index contributed by atoms with van der Waals surface area (Å²) in [6, 6.07) is 23.6. The second-order valence-corrected chi connectivity index (χ2v) is 11.1. The van der Waals surface area contributed by atoms with Crippen LogP contribution in [0.5, 0.6) is 0 Å². The summed E-state index contributed by atoms with van der Waals surface area (Å²) in [5, 5.41) is 19.3. The number of aryl methyl sites for hydroxylation is 2. The largest absolute Gasteiger partial charge is 0.339 e. The van der Waals surface area contributed by atoms with Crippen molar-refractivity contribution >= 4 is 11.6 Å². The number of nitrogens with zero attached hydrogens (tertiary/aromatic N) is 7. The van der Waals surface area contributed by atoms with E-state index in [1.165, 1.54) is 0 Å². The zero-order valence-corrected chi connectivity index (χ0v) is 25.3. The van der Waals surface area contributed by atoms with Crippen molar-refractivity contribution in [3.8, 4) is 22.5 Å². The maximum Gasteiger partial charge on any atom is 0.257 e. The number of hydrogen-bond acceptors (Lipinski definition) is 8. The van der Waals surface area contributed by atoms with Crippen LogP contribution in [0.15, 0.2) is 82.1 Å². The summed E-state index contributed by atoms with van der Waals surface area (Å²) in [5.41, 5.74) is 6.07. The van der Waals surface area contributed by atoms with E-state index < -0.39 is 0 Å². The van der Waals surface area contributed by atoms with E-state index in [0.29, 0.717) is 46.8 Å². The number of tetrazole rings is 1. The minimum Gasteiger partial charge on any atom is -0.339 e. The van der Waals surface area contributed by atoms with E-state index in [2.05, 4.69) is 49.8 Å². The summed E-state index contributed by atoms with van der Waals surface area (Å²) in [7, 11) is 0. The molecule has 3 aromatic carbocycles. The number of aromatic nitrogens is 8. The zero-order chi connectivity index (χ0) is 30.5. The van der Waals surface area contributed by atoms with Crippen LogP contribution < -0.4 is 5.56 Å². The molecule has 0 radical (unpaired) electrons. The van der Waals surface area contributed by atoms with Crippen LogP contribution in [0, 0.1) is 6.92 Å². The number of H-pyrrole nitrogens is 1. The monoisotopic (exact) mass is 606 g/mol. The molecule has 3 heterocycles. The second-order valence-electron chi connectivity index (χ2n) is 10.6. The third kappa shape index (κ3) is 6.50. The van der Waals surface area contributed by atoms with Gasteiger partial charge in [0.25, 0.3) is 5.56 Å². The average molecular weight is 607 g/mol.